The van der Waals surface area contributed by atoms with Crippen LogP contribution in [0.3, 0.4) is 0 Å². The highest BCUT2D eigenvalue weighted by atomic mass is 32.1. The van der Waals surface area contributed by atoms with Crippen molar-refractivity contribution in [3.05, 3.63) is 16.1 Å². The molecular weight excluding hydrogens is 186 g/mol. The summed E-state index contributed by atoms with van der Waals surface area (Å²) < 4.78 is 0. The van der Waals surface area contributed by atoms with Crippen LogP contribution in [-0.2, 0) is 6.42 Å². The van der Waals surface area contributed by atoms with E-state index in [4.69, 9.17) is 5.11 Å². The van der Waals surface area contributed by atoms with Crippen LogP contribution in [0, 0.1) is 5.92 Å². The smallest absolute Gasteiger partial charge is 0.365 e. The van der Waals surface area contributed by atoms with Gasteiger partial charge in [-0.2, -0.15) is 0 Å². The summed E-state index contributed by atoms with van der Waals surface area (Å²) in [5.74, 6) is -0.159. The number of carbonyl (C=O) groups is 1. The molecule has 0 saturated heterocycles. The molecule has 1 aliphatic rings. The van der Waals surface area contributed by atoms with E-state index in [2.05, 4.69) is 4.98 Å². The third-order valence-electron chi connectivity index (χ3n) is 2.46. The Kier molecular flexibility index (Phi) is 2.31. The molecule has 1 N–H and O–H groups in total. The Morgan fingerprint density at radius 2 is 2.46 bits per heavy atom. The van der Waals surface area contributed by atoms with Crippen LogP contribution in [0.1, 0.15) is 34.8 Å². The second-order valence-electron chi connectivity index (χ2n) is 3.45. The first-order valence-electron chi connectivity index (χ1n) is 4.43. The lowest BCUT2D eigenvalue weighted by molar-refractivity contribution is 0.0696. The van der Waals surface area contributed by atoms with Crippen molar-refractivity contribution in [1.29, 1.82) is 0 Å². The summed E-state index contributed by atoms with van der Waals surface area (Å²) in [6, 6.07) is 0. The van der Waals surface area contributed by atoms with Crippen LogP contribution in [0.4, 0.5) is 0 Å². The number of hydrogen-bond acceptors (Lipinski definition) is 3. The topological polar surface area (TPSA) is 50.2 Å². The van der Waals surface area contributed by atoms with Gasteiger partial charge < -0.3 is 5.11 Å². The standard InChI is InChI=1S/C9H11NO2S/c11-9(12)8-10-7(5-13-8)4-6-2-1-3-6/h5-6H,1-4H2,(H,11,12). The van der Waals surface area contributed by atoms with Crippen molar-refractivity contribution >= 4 is 17.3 Å². The molecule has 70 valence electrons. The zero-order valence-corrected chi connectivity index (χ0v) is 8.01. The van der Waals surface area contributed by atoms with Crippen LogP contribution in [0.5, 0.6) is 0 Å². The average Bonchev–Trinajstić information content (AvgIpc) is 2.44. The van der Waals surface area contributed by atoms with Crippen molar-refractivity contribution in [2.75, 3.05) is 0 Å². The van der Waals surface area contributed by atoms with Gasteiger partial charge in [-0.25, -0.2) is 9.78 Å². The number of rotatable bonds is 3. The van der Waals surface area contributed by atoms with Crippen molar-refractivity contribution in [2.24, 2.45) is 5.92 Å². The van der Waals surface area contributed by atoms with E-state index in [0.29, 0.717) is 0 Å². The Labute approximate surface area is 80.4 Å². The number of aromatic carboxylic acids is 1. The summed E-state index contributed by atoms with van der Waals surface area (Å²) in [7, 11) is 0. The van der Waals surface area contributed by atoms with E-state index in [9.17, 15) is 4.79 Å². The van der Waals surface area contributed by atoms with Gasteiger partial charge in [0.2, 0.25) is 5.01 Å². The van der Waals surface area contributed by atoms with Gasteiger partial charge in [-0.05, 0) is 12.3 Å². The molecule has 0 amide bonds. The lowest BCUT2D eigenvalue weighted by Gasteiger charge is -2.24. The monoisotopic (exact) mass is 197 g/mol. The minimum Gasteiger partial charge on any atom is -0.476 e. The highest BCUT2D eigenvalue weighted by Gasteiger charge is 2.19. The van der Waals surface area contributed by atoms with Crippen molar-refractivity contribution in [1.82, 2.24) is 4.98 Å². The molecule has 0 aromatic carbocycles. The fourth-order valence-corrected chi connectivity index (χ4v) is 2.16. The normalized spacial score (nSPS) is 16.9. The fourth-order valence-electron chi connectivity index (χ4n) is 1.49. The molecule has 0 atom stereocenters. The summed E-state index contributed by atoms with van der Waals surface area (Å²) >= 11 is 1.22. The van der Waals surface area contributed by atoms with Crippen LogP contribution >= 0.6 is 11.3 Å². The van der Waals surface area contributed by atoms with Crippen LogP contribution in [0.25, 0.3) is 0 Å². The van der Waals surface area contributed by atoms with Gasteiger partial charge in [-0.15, -0.1) is 11.3 Å². The highest BCUT2D eigenvalue weighted by Crippen LogP contribution is 2.29. The maximum Gasteiger partial charge on any atom is 0.365 e. The van der Waals surface area contributed by atoms with Crippen LogP contribution in [0.2, 0.25) is 0 Å². The van der Waals surface area contributed by atoms with Gasteiger partial charge in [0.25, 0.3) is 0 Å². The number of hydrogen-bond donors (Lipinski definition) is 1. The zero-order chi connectivity index (χ0) is 9.26. The van der Waals surface area contributed by atoms with Crippen LogP contribution in [-0.4, -0.2) is 16.1 Å². The van der Waals surface area contributed by atoms with E-state index in [1.54, 1.807) is 0 Å². The average molecular weight is 197 g/mol. The van der Waals surface area contributed by atoms with E-state index in [-0.39, 0.29) is 5.01 Å². The van der Waals surface area contributed by atoms with Gasteiger partial charge >= 0.3 is 5.97 Å². The Morgan fingerprint density at radius 1 is 1.69 bits per heavy atom. The van der Waals surface area contributed by atoms with Gasteiger partial charge in [-0.1, -0.05) is 19.3 Å². The number of carboxylic acid groups (broad SMARTS) is 1. The van der Waals surface area contributed by atoms with E-state index in [0.717, 1.165) is 18.0 Å². The van der Waals surface area contributed by atoms with Crippen molar-refractivity contribution < 1.29 is 9.90 Å². The molecule has 1 aromatic heterocycles. The Bertz CT molecular complexity index is 317. The number of nitrogens with zero attached hydrogens (tertiary/aromatic N) is 1. The van der Waals surface area contributed by atoms with Gasteiger partial charge in [0.05, 0.1) is 5.69 Å². The molecule has 0 bridgehead atoms. The van der Waals surface area contributed by atoms with Crippen molar-refractivity contribution in [2.45, 2.75) is 25.7 Å². The fraction of sp³-hybridized carbons (Fsp3) is 0.556. The third-order valence-corrected chi connectivity index (χ3v) is 3.34. The van der Waals surface area contributed by atoms with Crippen LogP contribution in [0.15, 0.2) is 5.38 Å². The Morgan fingerprint density at radius 3 is 2.92 bits per heavy atom. The van der Waals surface area contributed by atoms with Gasteiger partial charge in [-0.3, -0.25) is 0 Å². The molecule has 1 aliphatic carbocycles. The second kappa shape index (κ2) is 3.46. The van der Waals surface area contributed by atoms with E-state index >= 15 is 0 Å². The summed E-state index contributed by atoms with van der Waals surface area (Å²) in [5, 5.41) is 10.7. The minimum atomic E-state index is -0.912. The number of carboxylic acids is 1. The SMILES string of the molecule is O=C(O)c1nc(CC2CCC2)cs1. The van der Waals surface area contributed by atoms with E-state index in [1.807, 2.05) is 5.38 Å². The summed E-state index contributed by atoms with van der Waals surface area (Å²) in [6.07, 6.45) is 4.84. The maximum atomic E-state index is 10.5. The molecule has 1 fully saturated rings. The zero-order valence-electron chi connectivity index (χ0n) is 7.19. The molecule has 1 heterocycles. The molecule has 0 aliphatic heterocycles. The predicted octanol–water partition coefficient (Wildman–Crippen LogP) is 2.18. The van der Waals surface area contributed by atoms with Gasteiger partial charge in [0.15, 0.2) is 0 Å². The van der Waals surface area contributed by atoms with Gasteiger partial charge in [0.1, 0.15) is 0 Å². The first kappa shape index (κ1) is 8.69. The molecule has 13 heavy (non-hydrogen) atoms. The summed E-state index contributed by atoms with van der Waals surface area (Å²) in [5.41, 5.74) is 0.951. The van der Waals surface area contributed by atoms with E-state index in [1.165, 1.54) is 30.6 Å². The molecule has 3 nitrogen and oxygen atoms in total. The summed E-state index contributed by atoms with van der Waals surface area (Å²) in [4.78, 5) is 14.6. The summed E-state index contributed by atoms with van der Waals surface area (Å²) in [6.45, 7) is 0. The Hall–Kier alpha value is -0.900. The molecule has 0 spiro atoms. The Balaban J connectivity index is 2.00. The quantitative estimate of drug-likeness (QED) is 0.808. The van der Waals surface area contributed by atoms with Crippen LogP contribution < -0.4 is 0 Å². The molecule has 0 unspecified atom stereocenters. The van der Waals surface area contributed by atoms with Gasteiger partial charge in [0, 0.05) is 5.38 Å². The largest absolute Gasteiger partial charge is 0.476 e. The first-order chi connectivity index (χ1) is 6.25. The predicted molar refractivity (Wildman–Crippen MR) is 50.1 cm³/mol. The van der Waals surface area contributed by atoms with Crippen molar-refractivity contribution in [3.63, 3.8) is 0 Å². The van der Waals surface area contributed by atoms with Crippen molar-refractivity contribution in [3.8, 4) is 0 Å². The maximum absolute atomic E-state index is 10.5. The molecule has 1 aromatic rings. The molecule has 4 heteroatoms. The van der Waals surface area contributed by atoms with E-state index < -0.39 is 5.97 Å². The molecule has 1 saturated carbocycles. The number of aromatic nitrogens is 1. The lowest BCUT2D eigenvalue weighted by Crippen LogP contribution is -2.13. The second-order valence-corrected chi connectivity index (χ2v) is 4.31. The highest BCUT2D eigenvalue weighted by molar-refractivity contribution is 7.11. The molecular formula is C9H11NO2S. The minimum absolute atomic E-state index is 0.217. The molecule has 2 rings (SSSR count). The third kappa shape index (κ3) is 1.88. The molecule has 0 radical (unpaired) electrons. The first-order valence-corrected chi connectivity index (χ1v) is 5.31. The lowest BCUT2D eigenvalue weighted by atomic mass is 9.82. The number of thiazole rings is 1.